The van der Waals surface area contributed by atoms with E-state index in [0.717, 1.165) is 5.56 Å². The lowest BCUT2D eigenvalue weighted by Crippen LogP contribution is -2.57. The minimum atomic E-state index is -1.09. The first kappa shape index (κ1) is 23.6. The summed E-state index contributed by atoms with van der Waals surface area (Å²) in [5.41, 5.74) is 6.95. The summed E-state index contributed by atoms with van der Waals surface area (Å²) in [6.07, 6.45) is 1.61. The monoisotopic (exact) mass is 391 g/mol. The zero-order valence-corrected chi connectivity index (χ0v) is 17.1. The molecule has 0 aliphatic rings. The quantitative estimate of drug-likeness (QED) is 0.457. The van der Waals surface area contributed by atoms with E-state index in [-0.39, 0.29) is 11.8 Å². The summed E-state index contributed by atoms with van der Waals surface area (Å²) in [7, 11) is 0. The molecule has 0 saturated heterocycles. The van der Waals surface area contributed by atoms with Crippen LogP contribution in [-0.2, 0) is 20.8 Å². The number of carbonyl (C=O) groups is 3. The molecule has 0 heterocycles. The normalized spacial score (nSPS) is 16.3. The van der Waals surface area contributed by atoms with Gasteiger partial charge in [-0.2, -0.15) is 0 Å². The van der Waals surface area contributed by atoms with Crippen LogP contribution in [0.3, 0.4) is 0 Å². The lowest BCUT2D eigenvalue weighted by molar-refractivity contribution is -0.144. The number of hydrogen-bond donors (Lipinski definition) is 4. The van der Waals surface area contributed by atoms with Gasteiger partial charge in [0.05, 0.1) is 6.04 Å². The van der Waals surface area contributed by atoms with E-state index in [4.69, 9.17) is 5.73 Å². The molecule has 0 saturated carbocycles. The van der Waals surface area contributed by atoms with Gasteiger partial charge in [-0.25, -0.2) is 4.79 Å². The van der Waals surface area contributed by atoms with E-state index >= 15 is 0 Å². The Morgan fingerprint density at radius 1 is 0.929 bits per heavy atom. The van der Waals surface area contributed by atoms with Crippen LogP contribution in [0.15, 0.2) is 30.3 Å². The van der Waals surface area contributed by atoms with Gasteiger partial charge < -0.3 is 21.5 Å². The molecule has 5 N–H and O–H groups in total. The minimum absolute atomic E-state index is 0.167. The standard InChI is InChI=1S/C21H33N3O4/c1-5-13(3)17(20(26)24-18(21(27)28)14(4)6-2)23-19(25)16(22)12-15-10-8-7-9-11-15/h7-11,13-14,16-18H,5-6,12,22H2,1-4H3,(H,23,25)(H,24,26)(H,27,28). The number of benzene rings is 1. The van der Waals surface area contributed by atoms with E-state index in [9.17, 15) is 19.5 Å². The highest BCUT2D eigenvalue weighted by Gasteiger charge is 2.32. The van der Waals surface area contributed by atoms with Crippen LogP contribution in [0.5, 0.6) is 0 Å². The number of amides is 2. The summed E-state index contributed by atoms with van der Waals surface area (Å²) in [6.45, 7) is 7.38. The van der Waals surface area contributed by atoms with Crippen LogP contribution < -0.4 is 16.4 Å². The van der Waals surface area contributed by atoms with Crippen LogP contribution in [0.1, 0.15) is 46.1 Å². The van der Waals surface area contributed by atoms with Crippen LogP contribution in [0.4, 0.5) is 0 Å². The Balaban J connectivity index is 2.84. The van der Waals surface area contributed by atoms with Gasteiger partial charge in [-0.1, -0.05) is 70.9 Å². The summed E-state index contributed by atoms with van der Waals surface area (Å²) < 4.78 is 0. The number of nitrogens with one attached hydrogen (secondary N) is 2. The van der Waals surface area contributed by atoms with E-state index in [1.807, 2.05) is 51.1 Å². The molecule has 0 aliphatic heterocycles. The first-order chi connectivity index (χ1) is 13.2. The third kappa shape index (κ3) is 6.96. The second kappa shape index (κ2) is 11.4. The maximum Gasteiger partial charge on any atom is 0.326 e. The molecule has 0 spiro atoms. The summed E-state index contributed by atoms with van der Waals surface area (Å²) in [5, 5.41) is 14.7. The van der Waals surface area contributed by atoms with Gasteiger partial charge in [0.2, 0.25) is 11.8 Å². The van der Waals surface area contributed by atoms with Gasteiger partial charge >= 0.3 is 5.97 Å². The molecule has 28 heavy (non-hydrogen) atoms. The van der Waals surface area contributed by atoms with Crippen molar-refractivity contribution in [2.45, 2.75) is 65.1 Å². The highest BCUT2D eigenvalue weighted by atomic mass is 16.4. The number of rotatable bonds is 11. The first-order valence-electron chi connectivity index (χ1n) is 9.84. The van der Waals surface area contributed by atoms with Gasteiger partial charge in [0, 0.05) is 0 Å². The molecule has 1 aromatic rings. The van der Waals surface area contributed by atoms with Gasteiger partial charge in [0.15, 0.2) is 0 Å². The Bertz CT molecular complexity index is 650. The molecular formula is C21H33N3O4. The van der Waals surface area contributed by atoms with Crippen LogP contribution in [0.2, 0.25) is 0 Å². The number of carboxylic acids is 1. The molecule has 0 radical (unpaired) electrons. The Hall–Kier alpha value is -2.41. The molecule has 7 nitrogen and oxygen atoms in total. The van der Waals surface area contributed by atoms with Crippen molar-refractivity contribution in [1.29, 1.82) is 0 Å². The van der Waals surface area contributed by atoms with Gasteiger partial charge in [-0.05, 0) is 23.8 Å². The fourth-order valence-electron chi connectivity index (χ4n) is 2.85. The fourth-order valence-corrected chi connectivity index (χ4v) is 2.85. The number of carboxylic acid groups (broad SMARTS) is 1. The molecule has 5 atom stereocenters. The predicted octanol–water partition coefficient (Wildman–Crippen LogP) is 1.70. The van der Waals surface area contributed by atoms with Crippen molar-refractivity contribution in [2.24, 2.45) is 17.6 Å². The van der Waals surface area contributed by atoms with Crippen molar-refractivity contribution in [2.75, 3.05) is 0 Å². The van der Waals surface area contributed by atoms with Crippen molar-refractivity contribution >= 4 is 17.8 Å². The molecule has 0 aromatic heterocycles. The summed E-state index contributed by atoms with van der Waals surface area (Å²) in [6, 6.07) is 6.75. The maximum atomic E-state index is 12.8. The fraction of sp³-hybridized carbons (Fsp3) is 0.571. The van der Waals surface area contributed by atoms with Crippen molar-refractivity contribution in [3.05, 3.63) is 35.9 Å². The van der Waals surface area contributed by atoms with Crippen molar-refractivity contribution in [3.63, 3.8) is 0 Å². The molecule has 5 unspecified atom stereocenters. The number of aliphatic carboxylic acids is 1. The van der Waals surface area contributed by atoms with Crippen LogP contribution in [-0.4, -0.2) is 41.0 Å². The predicted molar refractivity (Wildman–Crippen MR) is 109 cm³/mol. The Morgan fingerprint density at radius 2 is 1.43 bits per heavy atom. The molecule has 0 fully saturated rings. The second-order valence-corrected chi connectivity index (χ2v) is 7.38. The van der Waals surface area contributed by atoms with Crippen LogP contribution in [0.25, 0.3) is 0 Å². The van der Waals surface area contributed by atoms with Crippen LogP contribution >= 0.6 is 0 Å². The smallest absolute Gasteiger partial charge is 0.326 e. The average Bonchev–Trinajstić information content (AvgIpc) is 2.69. The molecular weight excluding hydrogens is 358 g/mol. The topological polar surface area (TPSA) is 122 Å². The van der Waals surface area contributed by atoms with E-state index in [1.54, 1.807) is 6.92 Å². The van der Waals surface area contributed by atoms with Crippen molar-refractivity contribution < 1.29 is 19.5 Å². The molecule has 1 aromatic carbocycles. The zero-order valence-electron chi connectivity index (χ0n) is 17.1. The lowest BCUT2D eigenvalue weighted by Gasteiger charge is -2.28. The average molecular weight is 392 g/mol. The van der Waals surface area contributed by atoms with Crippen molar-refractivity contribution in [3.8, 4) is 0 Å². The Labute approximate surface area is 167 Å². The summed E-state index contributed by atoms with van der Waals surface area (Å²) in [4.78, 5) is 36.8. The molecule has 7 heteroatoms. The number of hydrogen-bond acceptors (Lipinski definition) is 4. The lowest BCUT2D eigenvalue weighted by atomic mass is 9.95. The number of carbonyl (C=O) groups excluding carboxylic acids is 2. The minimum Gasteiger partial charge on any atom is -0.480 e. The molecule has 0 bridgehead atoms. The Morgan fingerprint density at radius 3 is 1.93 bits per heavy atom. The Kier molecular flexibility index (Phi) is 9.65. The highest BCUT2D eigenvalue weighted by molar-refractivity contribution is 5.92. The van der Waals surface area contributed by atoms with Gasteiger partial charge in [-0.15, -0.1) is 0 Å². The molecule has 1 rings (SSSR count). The maximum absolute atomic E-state index is 12.8. The number of nitrogens with two attached hydrogens (primary N) is 1. The first-order valence-corrected chi connectivity index (χ1v) is 9.84. The highest BCUT2D eigenvalue weighted by Crippen LogP contribution is 2.12. The summed E-state index contributed by atoms with van der Waals surface area (Å²) >= 11 is 0. The molecule has 2 amide bonds. The SMILES string of the molecule is CCC(C)C(NC(=O)C(NC(=O)C(N)Cc1ccccc1)C(C)CC)C(=O)O. The summed E-state index contributed by atoms with van der Waals surface area (Å²) in [5.74, 6) is -2.41. The van der Waals surface area contributed by atoms with E-state index in [0.29, 0.717) is 19.3 Å². The third-order valence-corrected chi connectivity index (χ3v) is 5.21. The van der Waals surface area contributed by atoms with Gasteiger partial charge in [0.25, 0.3) is 0 Å². The van der Waals surface area contributed by atoms with Crippen molar-refractivity contribution in [1.82, 2.24) is 10.6 Å². The molecule has 0 aliphatic carbocycles. The van der Waals surface area contributed by atoms with E-state index in [1.165, 1.54) is 0 Å². The third-order valence-electron chi connectivity index (χ3n) is 5.21. The molecule has 156 valence electrons. The van der Waals surface area contributed by atoms with E-state index in [2.05, 4.69) is 10.6 Å². The van der Waals surface area contributed by atoms with Gasteiger partial charge in [0.1, 0.15) is 12.1 Å². The largest absolute Gasteiger partial charge is 0.480 e. The zero-order chi connectivity index (χ0) is 21.3. The van der Waals surface area contributed by atoms with E-state index < -0.39 is 35.9 Å². The van der Waals surface area contributed by atoms with Gasteiger partial charge in [-0.3, -0.25) is 9.59 Å². The second-order valence-electron chi connectivity index (χ2n) is 7.38. The van der Waals surface area contributed by atoms with Crippen LogP contribution in [0, 0.1) is 11.8 Å².